The van der Waals surface area contributed by atoms with Crippen LogP contribution < -0.4 is 0 Å². The minimum atomic E-state index is -0.320. The summed E-state index contributed by atoms with van der Waals surface area (Å²) in [6.45, 7) is 0.800. The lowest BCUT2D eigenvalue weighted by Crippen LogP contribution is -2.34. The molecule has 1 aromatic carbocycles. The third-order valence-electron chi connectivity index (χ3n) is 3.88. The Balaban J connectivity index is 2.02. The fourth-order valence-corrected chi connectivity index (χ4v) is 2.96. The molecule has 2 heterocycles. The van der Waals surface area contributed by atoms with Crippen molar-refractivity contribution in [1.29, 1.82) is 0 Å². The van der Waals surface area contributed by atoms with Crippen molar-refractivity contribution in [1.82, 2.24) is 4.90 Å². The van der Waals surface area contributed by atoms with E-state index in [1.54, 1.807) is 6.07 Å². The average Bonchev–Trinajstić information content (AvgIpc) is 2.79. The van der Waals surface area contributed by atoms with Crippen LogP contribution in [0.25, 0.3) is 0 Å². The van der Waals surface area contributed by atoms with Crippen LogP contribution in [0.2, 0.25) is 0 Å². The molecule has 0 bridgehead atoms. The van der Waals surface area contributed by atoms with Crippen molar-refractivity contribution in [3.8, 4) is 0 Å². The van der Waals surface area contributed by atoms with E-state index in [-0.39, 0.29) is 17.9 Å². The van der Waals surface area contributed by atoms with Gasteiger partial charge in [-0.2, -0.15) is 0 Å². The van der Waals surface area contributed by atoms with Crippen molar-refractivity contribution in [2.24, 2.45) is 0 Å². The van der Waals surface area contributed by atoms with E-state index in [1.165, 1.54) is 12.7 Å². The minimum absolute atomic E-state index is 0.158. The maximum Gasteiger partial charge on any atom is 0.337 e. The molecule has 0 aliphatic carbocycles. The highest BCUT2D eigenvalue weighted by Gasteiger charge is 2.36. The molecule has 0 spiro atoms. The van der Waals surface area contributed by atoms with E-state index >= 15 is 0 Å². The lowest BCUT2D eigenvalue weighted by molar-refractivity contribution is -0.129. The van der Waals surface area contributed by atoms with Crippen LogP contribution in [-0.2, 0) is 16.0 Å². The Morgan fingerprint density at radius 1 is 1.39 bits per heavy atom. The number of methoxy groups -OCH3 is 1. The van der Waals surface area contributed by atoms with Crippen LogP contribution in [0.1, 0.15) is 40.4 Å². The fourth-order valence-electron chi connectivity index (χ4n) is 2.96. The number of hydrogen-bond acceptors (Lipinski definition) is 3. The van der Waals surface area contributed by atoms with Gasteiger partial charge in [-0.3, -0.25) is 4.79 Å². The average molecular weight is 245 g/mol. The van der Waals surface area contributed by atoms with E-state index in [0.717, 1.165) is 24.9 Å². The van der Waals surface area contributed by atoms with Crippen LogP contribution in [-0.4, -0.2) is 30.4 Å². The zero-order chi connectivity index (χ0) is 12.7. The van der Waals surface area contributed by atoms with Gasteiger partial charge >= 0.3 is 5.97 Å². The van der Waals surface area contributed by atoms with Gasteiger partial charge in [0.2, 0.25) is 5.91 Å². The molecule has 1 unspecified atom stereocenters. The molecule has 2 aliphatic heterocycles. The molecule has 0 saturated carbocycles. The number of benzene rings is 1. The van der Waals surface area contributed by atoms with Crippen molar-refractivity contribution in [3.63, 3.8) is 0 Å². The standard InChI is InChI=1S/C14H15NO3/c1-18-14(17)10-3-2-9-6-7-15-12(11(9)8-10)4-5-13(15)16/h2-3,8,12H,4-7H2,1H3. The molecular weight excluding hydrogens is 230 g/mol. The van der Waals surface area contributed by atoms with E-state index < -0.39 is 0 Å². The van der Waals surface area contributed by atoms with Crippen molar-refractivity contribution >= 4 is 11.9 Å². The molecule has 4 heteroatoms. The Labute approximate surface area is 106 Å². The Morgan fingerprint density at radius 3 is 3.00 bits per heavy atom. The normalized spacial score (nSPS) is 21.5. The number of ether oxygens (including phenoxy) is 1. The first-order chi connectivity index (χ1) is 8.70. The predicted molar refractivity (Wildman–Crippen MR) is 65.2 cm³/mol. The lowest BCUT2D eigenvalue weighted by atomic mass is 9.91. The van der Waals surface area contributed by atoms with Gasteiger partial charge < -0.3 is 9.64 Å². The molecule has 1 aromatic rings. The molecule has 94 valence electrons. The Morgan fingerprint density at radius 2 is 2.22 bits per heavy atom. The lowest BCUT2D eigenvalue weighted by Gasteiger charge is -2.32. The van der Waals surface area contributed by atoms with Gasteiger partial charge in [0.15, 0.2) is 0 Å². The predicted octanol–water partition coefficient (Wildman–Crippen LogP) is 1.69. The summed E-state index contributed by atoms with van der Waals surface area (Å²) in [6, 6.07) is 5.83. The molecule has 1 fully saturated rings. The summed E-state index contributed by atoms with van der Waals surface area (Å²) >= 11 is 0. The second-order valence-corrected chi connectivity index (χ2v) is 4.80. The quantitative estimate of drug-likeness (QED) is 0.707. The number of esters is 1. The van der Waals surface area contributed by atoms with Crippen molar-refractivity contribution in [3.05, 3.63) is 34.9 Å². The minimum Gasteiger partial charge on any atom is -0.465 e. The summed E-state index contributed by atoms with van der Waals surface area (Å²) in [4.78, 5) is 25.2. The number of carbonyl (C=O) groups is 2. The highest BCUT2D eigenvalue weighted by molar-refractivity contribution is 5.90. The van der Waals surface area contributed by atoms with Crippen molar-refractivity contribution in [2.45, 2.75) is 25.3 Å². The molecular formula is C14H15NO3. The van der Waals surface area contributed by atoms with Gasteiger partial charge in [0.1, 0.15) is 0 Å². The van der Waals surface area contributed by atoms with Gasteiger partial charge in [0.05, 0.1) is 18.7 Å². The third kappa shape index (κ3) is 1.60. The van der Waals surface area contributed by atoms with Crippen LogP contribution >= 0.6 is 0 Å². The second kappa shape index (κ2) is 4.12. The molecule has 2 aliphatic rings. The highest BCUT2D eigenvalue weighted by Crippen LogP contribution is 2.38. The Hall–Kier alpha value is -1.84. The van der Waals surface area contributed by atoms with Gasteiger partial charge in [-0.1, -0.05) is 6.07 Å². The summed E-state index contributed by atoms with van der Waals surface area (Å²) in [5.74, 6) is -0.0895. The molecule has 1 atom stereocenters. The van der Waals surface area contributed by atoms with E-state index in [2.05, 4.69) is 0 Å². The summed E-state index contributed by atoms with van der Waals surface area (Å²) in [5.41, 5.74) is 2.94. The van der Waals surface area contributed by atoms with E-state index in [0.29, 0.717) is 12.0 Å². The first-order valence-corrected chi connectivity index (χ1v) is 6.21. The number of fused-ring (bicyclic) bond motifs is 3. The molecule has 1 amide bonds. The van der Waals surface area contributed by atoms with Crippen LogP contribution in [0.3, 0.4) is 0 Å². The smallest absolute Gasteiger partial charge is 0.337 e. The first-order valence-electron chi connectivity index (χ1n) is 6.21. The van der Waals surface area contributed by atoms with Crippen LogP contribution in [0, 0.1) is 0 Å². The van der Waals surface area contributed by atoms with Gasteiger partial charge in [0.25, 0.3) is 0 Å². The molecule has 4 nitrogen and oxygen atoms in total. The van der Waals surface area contributed by atoms with Gasteiger partial charge in [0, 0.05) is 13.0 Å². The fraction of sp³-hybridized carbons (Fsp3) is 0.429. The SMILES string of the molecule is COC(=O)c1ccc2c(c1)C1CCC(=O)N1CC2. The van der Waals surface area contributed by atoms with Crippen LogP contribution in [0.15, 0.2) is 18.2 Å². The largest absolute Gasteiger partial charge is 0.465 e. The monoisotopic (exact) mass is 245 g/mol. The molecule has 0 aromatic heterocycles. The summed E-state index contributed by atoms with van der Waals surface area (Å²) in [5, 5.41) is 0. The summed E-state index contributed by atoms with van der Waals surface area (Å²) in [7, 11) is 1.38. The zero-order valence-corrected chi connectivity index (χ0v) is 10.3. The van der Waals surface area contributed by atoms with Crippen LogP contribution in [0.4, 0.5) is 0 Å². The van der Waals surface area contributed by atoms with Crippen LogP contribution in [0.5, 0.6) is 0 Å². The molecule has 3 rings (SSSR count). The van der Waals surface area contributed by atoms with Gasteiger partial charge in [-0.15, -0.1) is 0 Å². The first kappa shape index (κ1) is 11.3. The molecule has 0 N–H and O–H groups in total. The van der Waals surface area contributed by atoms with Crippen molar-refractivity contribution in [2.75, 3.05) is 13.7 Å². The van der Waals surface area contributed by atoms with E-state index in [4.69, 9.17) is 4.74 Å². The van der Waals surface area contributed by atoms with Crippen molar-refractivity contribution < 1.29 is 14.3 Å². The van der Waals surface area contributed by atoms with Gasteiger partial charge in [-0.05, 0) is 36.1 Å². The number of amides is 1. The van der Waals surface area contributed by atoms with Gasteiger partial charge in [-0.25, -0.2) is 4.79 Å². The molecule has 1 saturated heterocycles. The summed E-state index contributed by atoms with van der Waals surface area (Å²) in [6.07, 6.45) is 2.35. The number of nitrogens with zero attached hydrogens (tertiary/aromatic N) is 1. The molecule has 18 heavy (non-hydrogen) atoms. The number of carbonyl (C=O) groups excluding carboxylic acids is 2. The zero-order valence-electron chi connectivity index (χ0n) is 10.3. The maximum absolute atomic E-state index is 11.7. The Kier molecular flexibility index (Phi) is 2.58. The summed E-state index contributed by atoms with van der Waals surface area (Å²) < 4.78 is 4.74. The van der Waals surface area contributed by atoms with E-state index in [9.17, 15) is 9.59 Å². The third-order valence-corrected chi connectivity index (χ3v) is 3.88. The number of rotatable bonds is 1. The van der Waals surface area contributed by atoms with E-state index in [1.807, 2.05) is 17.0 Å². The number of hydrogen-bond donors (Lipinski definition) is 0. The Bertz CT molecular complexity index is 524. The topological polar surface area (TPSA) is 46.6 Å². The second-order valence-electron chi connectivity index (χ2n) is 4.80. The highest BCUT2D eigenvalue weighted by atomic mass is 16.5. The maximum atomic E-state index is 11.7. The molecule has 0 radical (unpaired) electrons.